The van der Waals surface area contributed by atoms with Gasteiger partial charge in [0.2, 0.25) is 5.91 Å². The van der Waals surface area contributed by atoms with Gasteiger partial charge in [0.25, 0.3) is 0 Å². The number of nitrogens with zero attached hydrogens (tertiary/aromatic N) is 5. The number of hydrogen-bond donors (Lipinski definition) is 5. The van der Waals surface area contributed by atoms with Crippen LogP contribution in [0.25, 0.3) is 5.82 Å². The van der Waals surface area contributed by atoms with E-state index in [1.165, 1.54) is 0 Å². The van der Waals surface area contributed by atoms with Gasteiger partial charge in [-0.05, 0) is 62.1 Å². The second-order valence-corrected chi connectivity index (χ2v) is 9.61. The van der Waals surface area contributed by atoms with Crippen LogP contribution in [0.2, 0.25) is 0 Å². The first-order chi connectivity index (χ1) is 17.4. The van der Waals surface area contributed by atoms with Crippen LogP contribution in [0.3, 0.4) is 0 Å². The number of carbonyl (C=O) groups excluding carboxylic acids is 1. The van der Waals surface area contributed by atoms with Crippen molar-refractivity contribution in [1.29, 1.82) is 0 Å². The molecule has 0 aromatic carbocycles. The number of pyridine rings is 2. The molecule has 1 amide bonds. The zero-order chi connectivity index (χ0) is 25.1. The van der Waals surface area contributed by atoms with Gasteiger partial charge in [-0.15, -0.1) is 0 Å². The van der Waals surface area contributed by atoms with E-state index >= 15 is 0 Å². The number of β-amino-alcohol motifs (C(OH)–C–C–N with tert-alkyl or cyclic N) is 1. The molecule has 0 aliphatic carbocycles. The molecule has 36 heavy (non-hydrogen) atoms. The Balaban J connectivity index is 1.15. The van der Waals surface area contributed by atoms with E-state index in [0.29, 0.717) is 37.9 Å². The monoisotopic (exact) mass is 491 g/mol. The maximum Gasteiger partial charge on any atom is 0.226 e. The molecule has 0 spiro atoms. The van der Waals surface area contributed by atoms with Crippen LogP contribution >= 0.6 is 0 Å². The van der Waals surface area contributed by atoms with E-state index in [4.69, 9.17) is 4.98 Å². The van der Waals surface area contributed by atoms with Crippen LogP contribution in [0.4, 0.5) is 11.6 Å². The summed E-state index contributed by atoms with van der Waals surface area (Å²) in [5, 5.41) is 21.4. The van der Waals surface area contributed by atoms with Crippen LogP contribution in [0, 0.1) is 12.8 Å². The zero-order valence-corrected chi connectivity index (χ0v) is 20.6. The highest BCUT2D eigenvalue weighted by Crippen LogP contribution is 2.25. The van der Waals surface area contributed by atoms with Crippen molar-refractivity contribution in [2.45, 2.75) is 51.5 Å². The van der Waals surface area contributed by atoms with Crippen molar-refractivity contribution < 1.29 is 9.90 Å². The van der Waals surface area contributed by atoms with Gasteiger partial charge >= 0.3 is 0 Å². The maximum atomic E-state index is 12.8. The van der Waals surface area contributed by atoms with Crippen LogP contribution in [0.15, 0.2) is 48.9 Å². The number of aromatic nitrogens is 4. The molecular weight excluding hydrogens is 458 g/mol. The molecule has 0 bridgehead atoms. The Hall–Kier alpha value is -3.54. The van der Waals surface area contributed by atoms with Gasteiger partial charge in [-0.1, -0.05) is 6.07 Å². The molecule has 2 aliphatic heterocycles. The number of aliphatic hydroxyl groups is 1. The molecule has 3 aromatic heterocycles. The number of piperidine rings is 1. The second-order valence-electron chi connectivity index (χ2n) is 9.61. The number of carbonyl (C=O) groups is 1. The molecule has 2 unspecified atom stereocenters. The summed E-state index contributed by atoms with van der Waals surface area (Å²) in [5.41, 5.74) is 8.40. The highest BCUT2D eigenvalue weighted by Gasteiger charge is 2.33. The predicted molar refractivity (Wildman–Crippen MR) is 136 cm³/mol. The summed E-state index contributed by atoms with van der Waals surface area (Å²) < 4.78 is 1.68. The van der Waals surface area contributed by atoms with E-state index in [-0.39, 0.29) is 12.1 Å². The first kappa shape index (κ1) is 24.2. The maximum absolute atomic E-state index is 12.8. The van der Waals surface area contributed by atoms with Crippen molar-refractivity contribution in [2.75, 3.05) is 23.3 Å². The van der Waals surface area contributed by atoms with Crippen molar-refractivity contribution in [3.63, 3.8) is 0 Å². The molecule has 5 N–H and O–H groups in total. The number of aryl methyl sites for hydroxylation is 1. The van der Waals surface area contributed by atoms with Gasteiger partial charge in [0.05, 0.1) is 18.2 Å². The molecule has 11 heteroatoms. The van der Waals surface area contributed by atoms with Gasteiger partial charge in [-0.3, -0.25) is 10.2 Å². The topological polar surface area (TPSA) is 132 Å². The lowest BCUT2D eigenvalue weighted by atomic mass is 9.92. The number of rotatable bonds is 7. The third-order valence-electron chi connectivity index (χ3n) is 6.63. The Kier molecular flexibility index (Phi) is 7.12. The first-order valence-electron chi connectivity index (χ1n) is 12.4. The molecule has 2 aliphatic rings. The van der Waals surface area contributed by atoms with Crippen LogP contribution in [0.5, 0.6) is 0 Å². The number of nitrogens with one attached hydrogen (secondary N) is 4. The molecule has 0 radical (unpaired) electrons. The number of hydrazine groups is 1. The predicted octanol–water partition coefficient (Wildman–Crippen LogP) is 1.10. The van der Waals surface area contributed by atoms with Crippen LogP contribution in [-0.2, 0) is 11.3 Å². The fraction of sp³-hybridized carbons (Fsp3) is 0.440. The average molecular weight is 492 g/mol. The lowest BCUT2D eigenvalue weighted by Crippen LogP contribution is -2.49. The van der Waals surface area contributed by atoms with Crippen molar-refractivity contribution in [3.05, 3.63) is 60.0 Å². The lowest BCUT2D eigenvalue weighted by Gasteiger charge is -2.36. The van der Waals surface area contributed by atoms with Crippen molar-refractivity contribution in [3.8, 4) is 5.82 Å². The molecule has 190 valence electrons. The molecule has 5 rings (SSSR count). The Labute approximate surface area is 210 Å². The number of hydrogen-bond acceptors (Lipinski definition) is 9. The van der Waals surface area contributed by atoms with Crippen molar-refractivity contribution in [1.82, 2.24) is 35.9 Å². The average Bonchev–Trinajstić information content (AvgIpc) is 3.54. The third kappa shape index (κ3) is 5.64. The van der Waals surface area contributed by atoms with Gasteiger partial charge in [-0.2, -0.15) is 5.10 Å². The Morgan fingerprint density at radius 3 is 2.83 bits per heavy atom. The molecule has 2 fully saturated rings. The molecule has 2 saturated heterocycles. The summed E-state index contributed by atoms with van der Waals surface area (Å²) in [4.78, 5) is 24.1. The van der Waals surface area contributed by atoms with E-state index in [9.17, 15) is 9.90 Å². The fourth-order valence-corrected chi connectivity index (χ4v) is 4.70. The molecule has 4 atom stereocenters. The minimum atomic E-state index is -0.778. The van der Waals surface area contributed by atoms with Gasteiger partial charge in [0.15, 0.2) is 5.82 Å². The van der Waals surface area contributed by atoms with Crippen LogP contribution < -0.4 is 26.4 Å². The minimum Gasteiger partial charge on any atom is -0.390 e. The van der Waals surface area contributed by atoms with Gasteiger partial charge in [-0.25, -0.2) is 20.1 Å². The molecule has 5 heterocycles. The summed E-state index contributed by atoms with van der Waals surface area (Å²) in [6.07, 6.45) is 6.08. The van der Waals surface area contributed by atoms with Gasteiger partial charge in [0.1, 0.15) is 11.6 Å². The quantitative estimate of drug-likeness (QED) is 0.330. The van der Waals surface area contributed by atoms with E-state index in [1.54, 1.807) is 17.1 Å². The summed E-state index contributed by atoms with van der Waals surface area (Å²) in [6, 6.07) is 10.0. The molecule has 11 nitrogen and oxygen atoms in total. The van der Waals surface area contributed by atoms with E-state index in [1.807, 2.05) is 48.4 Å². The number of amides is 1. The number of aliphatic hydroxyl groups excluding tert-OH is 1. The number of anilines is 2. The summed E-state index contributed by atoms with van der Waals surface area (Å²) in [7, 11) is 0. The minimum absolute atomic E-state index is 0.110. The second kappa shape index (κ2) is 10.6. The Morgan fingerprint density at radius 1 is 1.25 bits per heavy atom. The largest absolute Gasteiger partial charge is 0.390 e. The molecular formula is C25H33N9O2. The summed E-state index contributed by atoms with van der Waals surface area (Å²) >= 11 is 0. The highest BCUT2D eigenvalue weighted by atomic mass is 16.3. The van der Waals surface area contributed by atoms with Gasteiger partial charge in [0, 0.05) is 44.3 Å². The summed E-state index contributed by atoms with van der Waals surface area (Å²) in [5.74, 6) is 1.70. The van der Waals surface area contributed by atoms with Gasteiger partial charge < -0.3 is 20.6 Å². The molecule has 0 saturated carbocycles. The normalized spacial score (nSPS) is 24.0. The van der Waals surface area contributed by atoms with Crippen molar-refractivity contribution >= 4 is 17.5 Å². The molecule has 3 aromatic rings. The van der Waals surface area contributed by atoms with E-state index in [0.717, 1.165) is 29.2 Å². The zero-order valence-electron chi connectivity index (χ0n) is 20.6. The van der Waals surface area contributed by atoms with Crippen LogP contribution in [-0.4, -0.2) is 62.2 Å². The standard InChI is InChI=1S/C25H33N9O2/c1-16-10-21(29-22-12-17(2)31-32-22)30-24(11-16)33-9-6-19(20(35)15-33)25(36)27-14-18-4-5-23(26-13-18)34-8-3-7-28-34/h3-5,7-8,10-11,13,17,19-20,22,31-32,35H,6,9,12,14-15H2,1-2H3,(H,27,36)(H,29,30)/t17?,19-,20+,22?/m0/s1. The highest BCUT2D eigenvalue weighted by molar-refractivity contribution is 5.79. The van der Waals surface area contributed by atoms with E-state index < -0.39 is 12.0 Å². The SMILES string of the molecule is Cc1cc(NC2CC(C)NN2)nc(N2CC[C@H](C(=O)NCc3ccc(-n4cccn4)nc3)[C@H](O)C2)c1. The first-order valence-corrected chi connectivity index (χ1v) is 12.4. The Bertz CT molecular complexity index is 1170. The lowest BCUT2D eigenvalue weighted by molar-refractivity contribution is -0.129. The Morgan fingerprint density at radius 2 is 2.14 bits per heavy atom. The van der Waals surface area contributed by atoms with E-state index in [2.05, 4.69) is 38.5 Å². The van der Waals surface area contributed by atoms with Crippen LogP contribution in [0.1, 0.15) is 30.9 Å². The fourth-order valence-electron chi connectivity index (χ4n) is 4.70. The summed E-state index contributed by atoms with van der Waals surface area (Å²) in [6.45, 7) is 5.52. The van der Waals surface area contributed by atoms with Crippen molar-refractivity contribution in [2.24, 2.45) is 5.92 Å². The smallest absolute Gasteiger partial charge is 0.226 e. The third-order valence-corrected chi connectivity index (χ3v) is 6.63.